The minimum Gasteiger partial charge on any atom is -0.480 e. The summed E-state index contributed by atoms with van der Waals surface area (Å²) in [7, 11) is -3.73. The third kappa shape index (κ3) is 2.89. The Morgan fingerprint density at radius 2 is 1.83 bits per heavy atom. The van der Waals surface area contributed by atoms with Crippen LogP contribution in [0.2, 0.25) is 5.02 Å². The molecule has 0 unspecified atom stereocenters. The van der Waals surface area contributed by atoms with E-state index in [1.54, 1.807) is 0 Å². The Morgan fingerprint density at radius 1 is 1.21 bits per heavy atom. The van der Waals surface area contributed by atoms with Crippen LogP contribution in [0.15, 0.2) is 23.1 Å². The second kappa shape index (κ2) is 6.02. The molecule has 1 saturated heterocycles. The van der Waals surface area contributed by atoms with E-state index in [2.05, 4.69) is 5.32 Å². The van der Waals surface area contributed by atoms with Crippen molar-refractivity contribution in [2.75, 3.05) is 18.4 Å². The Bertz CT molecular complexity index is 798. The molecule has 0 aromatic heterocycles. The molecule has 7 nitrogen and oxygen atoms in total. The van der Waals surface area contributed by atoms with E-state index < -0.39 is 27.3 Å². The second-order valence-corrected chi connectivity index (χ2v) is 8.41. The zero-order chi connectivity index (χ0) is 17.5. The van der Waals surface area contributed by atoms with Gasteiger partial charge in [-0.05, 0) is 43.9 Å². The van der Waals surface area contributed by atoms with E-state index in [9.17, 15) is 18.0 Å². The number of carboxylic acids is 1. The van der Waals surface area contributed by atoms with Crippen molar-refractivity contribution in [2.24, 2.45) is 5.41 Å². The molecule has 1 saturated carbocycles. The first kappa shape index (κ1) is 17.2. The van der Waals surface area contributed by atoms with Gasteiger partial charge in [-0.3, -0.25) is 9.59 Å². The number of hydrogen-bond donors (Lipinski definition) is 2. The van der Waals surface area contributed by atoms with Crippen LogP contribution in [0.25, 0.3) is 0 Å². The van der Waals surface area contributed by atoms with E-state index in [0.29, 0.717) is 13.1 Å². The van der Waals surface area contributed by atoms with Crippen LogP contribution in [0.1, 0.15) is 25.7 Å². The van der Waals surface area contributed by atoms with Crippen LogP contribution in [0.3, 0.4) is 0 Å². The predicted molar refractivity (Wildman–Crippen MR) is 87.4 cm³/mol. The number of rotatable bonds is 5. The van der Waals surface area contributed by atoms with Gasteiger partial charge in [0.15, 0.2) is 0 Å². The summed E-state index contributed by atoms with van der Waals surface area (Å²) < 4.78 is 26.7. The van der Waals surface area contributed by atoms with E-state index in [1.807, 2.05) is 0 Å². The predicted octanol–water partition coefficient (Wildman–Crippen LogP) is 1.93. The fraction of sp³-hybridized carbons (Fsp3) is 0.467. The maximum Gasteiger partial charge on any atom is 0.319 e. The lowest BCUT2D eigenvalue weighted by atomic mass is 10.1. The summed E-state index contributed by atoms with van der Waals surface area (Å²) in [6.45, 7) is 0.884. The molecule has 1 aromatic carbocycles. The summed E-state index contributed by atoms with van der Waals surface area (Å²) in [4.78, 5) is 23.3. The molecule has 2 N–H and O–H groups in total. The highest BCUT2D eigenvalue weighted by Crippen LogP contribution is 2.47. The van der Waals surface area contributed by atoms with E-state index in [-0.39, 0.29) is 28.4 Å². The summed E-state index contributed by atoms with van der Waals surface area (Å²) in [6, 6.07) is 4.13. The molecule has 0 atom stereocenters. The van der Waals surface area contributed by atoms with Gasteiger partial charge in [0.1, 0.15) is 10.3 Å². The van der Waals surface area contributed by atoms with Gasteiger partial charge in [-0.2, -0.15) is 4.31 Å². The minimum absolute atomic E-state index is 0.0688. The lowest BCUT2D eigenvalue weighted by Crippen LogP contribution is -2.31. The van der Waals surface area contributed by atoms with Crippen molar-refractivity contribution in [3.05, 3.63) is 23.2 Å². The van der Waals surface area contributed by atoms with E-state index in [4.69, 9.17) is 16.7 Å². The standard InChI is InChI=1S/C15H17ClN2O5S/c16-11-4-3-10(17-13(19)15(5-6-15)14(20)21)9-12(11)24(22,23)18-7-1-2-8-18/h3-4,9H,1-2,5-8H2,(H,17,19)(H,20,21). The van der Waals surface area contributed by atoms with E-state index in [1.165, 1.54) is 22.5 Å². The van der Waals surface area contributed by atoms with Crippen LogP contribution in [-0.2, 0) is 19.6 Å². The highest BCUT2D eigenvalue weighted by Gasteiger charge is 2.57. The van der Waals surface area contributed by atoms with Gasteiger partial charge in [0.25, 0.3) is 0 Å². The molecular weight excluding hydrogens is 356 g/mol. The SMILES string of the molecule is O=C(O)C1(C(=O)Nc2ccc(Cl)c(S(=O)(=O)N3CCCC3)c2)CC1. The van der Waals surface area contributed by atoms with Crippen molar-refractivity contribution < 1.29 is 23.1 Å². The number of carbonyl (C=O) groups is 2. The molecular formula is C15H17ClN2O5S. The number of benzene rings is 1. The molecule has 1 heterocycles. The molecule has 3 rings (SSSR count). The maximum absolute atomic E-state index is 12.6. The number of anilines is 1. The normalized spacial score (nSPS) is 19.9. The zero-order valence-electron chi connectivity index (χ0n) is 12.8. The van der Waals surface area contributed by atoms with Gasteiger partial charge in [0, 0.05) is 18.8 Å². The largest absolute Gasteiger partial charge is 0.480 e. The van der Waals surface area contributed by atoms with Crippen molar-refractivity contribution >= 4 is 39.2 Å². The highest BCUT2D eigenvalue weighted by atomic mass is 35.5. The summed E-state index contributed by atoms with van der Waals surface area (Å²) in [6.07, 6.45) is 2.16. The number of amides is 1. The molecule has 1 amide bonds. The van der Waals surface area contributed by atoms with Gasteiger partial charge in [0.2, 0.25) is 15.9 Å². The molecule has 2 fully saturated rings. The molecule has 0 bridgehead atoms. The van der Waals surface area contributed by atoms with Crippen LogP contribution in [0.4, 0.5) is 5.69 Å². The molecule has 130 valence electrons. The minimum atomic E-state index is -3.73. The zero-order valence-corrected chi connectivity index (χ0v) is 14.4. The molecule has 0 radical (unpaired) electrons. The molecule has 1 aliphatic heterocycles. The molecule has 1 aromatic rings. The summed E-state index contributed by atoms with van der Waals surface area (Å²) in [5, 5.41) is 11.7. The van der Waals surface area contributed by atoms with Crippen molar-refractivity contribution in [3.8, 4) is 0 Å². The van der Waals surface area contributed by atoms with Crippen LogP contribution >= 0.6 is 11.6 Å². The first-order valence-corrected chi connectivity index (χ1v) is 9.44. The fourth-order valence-corrected chi connectivity index (χ4v) is 4.78. The number of hydrogen-bond acceptors (Lipinski definition) is 4. The van der Waals surface area contributed by atoms with Crippen molar-refractivity contribution in [1.82, 2.24) is 4.31 Å². The number of nitrogens with zero attached hydrogens (tertiary/aromatic N) is 1. The summed E-state index contributed by atoms with van der Waals surface area (Å²) in [5.74, 6) is -1.80. The number of carboxylic acid groups (broad SMARTS) is 1. The van der Waals surface area contributed by atoms with Crippen molar-refractivity contribution in [1.29, 1.82) is 0 Å². The number of sulfonamides is 1. The smallest absolute Gasteiger partial charge is 0.319 e. The third-order valence-corrected chi connectivity index (χ3v) is 6.85. The Hall–Kier alpha value is -1.64. The average Bonchev–Trinajstić information content (AvgIpc) is 3.16. The number of nitrogens with one attached hydrogen (secondary N) is 1. The van der Waals surface area contributed by atoms with Gasteiger partial charge in [-0.25, -0.2) is 8.42 Å². The fourth-order valence-electron chi connectivity index (χ4n) is 2.76. The van der Waals surface area contributed by atoms with Crippen LogP contribution in [-0.4, -0.2) is 42.8 Å². The van der Waals surface area contributed by atoms with Gasteiger partial charge >= 0.3 is 5.97 Å². The van der Waals surface area contributed by atoms with Gasteiger partial charge in [0.05, 0.1) is 5.02 Å². The first-order chi connectivity index (χ1) is 11.3. The third-order valence-electron chi connectivity index (χ3n) is 4.47. The average molecular weight is 373 g/mol. The van der Waals surface area contributed by atoms with Gasteiger partial charge < -0.3 is 10.4 Å². The van der Waals surface area contributed by atoms with Crippen LogP contribution < -0.4 is 5.32 Å². The monoisotopic (exact) mass is 372 g/mol. The van der Waals surface area contributed by atoms with Gasteiger partial charge in [-0.15, -0.1) is 0 Å². The Kier molecular flexibility index (Phi) is 4.31. The van der Waals surface area contributed by atoms with Crippen molar-refractivity contribution in [2.45, 2.75) is 30.6 Å². The molecule has 9 heteroatoms. The molecule has 1 aliphatic carbocycles. The lowest BCUT2D eigenvalue weighted by molar-refractivity contribution is -0.147. The number of halogens is 1. The Balaban J connectivity index is 1.87. The number of aliphatic carboxylic acids is 1. The first-order valence-electron chi connectivity index (χ1n) is 7.62. The lowest BCUT2D eigenvalue weighted by Gasteiger charge is -2.18. The molecule has 0 spiro atoms. The molecule has 24 heavy (non-hydrogen) atoms. The summed E-state index contributed by atoms with van der Waals surface area (Å²) >= 11 is 6.04. The van der Waals surface area contributed by atoms with Crippen LogP contribution in [0.5, 0.6) is 0 Å². The number of carbonyl (C=O) groups excluding carboxylic acids is 1. The Labute approximate surface area is 144 Å². The quantitative estimate of drug-likeness (QED) is 0.768. The maximum atomic E-state index is 12.6. The Morgan fingerprint density at radius 3 is 2.38 bits per heavy atom. The van der Waals surface area contributed by atoms with Crippen molar-refractivity contribution in [3.63, 3.8) is 0 Å². The summed E-state index contributed by atoms with van der Waals surface area (Å²) in [5.41, 5.74) is -1.18. The topological polar surface area (TPSA) is 104 Å². The highest BCUT2D eigenvalue weighted by molar-refractivity contribution is 7.89. The van der Waals surface area contributed by atoms with E-state index >= 15 is 0 Å². The molecule has 2 aliphatic rings. The van der Waals surface area contributed by atoms with Crippen LogP contribution in [0, 0.1) is 5.41 Å². The van der Waals surface area contributed by atoms with E-state index in [0.717, 1.165) is 12.8 Å². The second-order valence-electron chi connectivity index (χ2n) is 6.10. The van der Waals surface area contributed by atoms with Gasteiger partial charge in [-0.1, -0.05) is 11.6 Å².